The number of hydrogen-bond acceptors (Lipinski definition) is 2. The molecule has 0 aliphatic carbocycles. The Bertz CT molecular complexity index is 344. The van der Waals surface area contributed by atoms with E-state index in [1.807, 2.05) is 21.1 Å². The van der Waals surface area contributed by atoms with E-state index >= 15 is 0 Å². The second-order valence-electron chi connectivity index (χ2n) is 7.07. The number of nitrogens with zero attached hydrogens (tertiary/aromatic N) is 2. The van der Waals surface area contributed by atoms with Crippen LogP contribution in [0.1, 0.15) is 12.8 Å². The zero-order chi connectivity index (χ0) is 15.2. The molecular formula is C14H30N4O2+2. The minimum Gasteiger partial charge on any atom is -0.349 e. The summed E-state index contributed by atoms with van der Waals surface area (Å²) in [5, 5.41) is 5.53. The van der Waals surface area contributed by atoms with Gasteiger partial charge in [-0.05, 0) is 0 Å². The summed E-state index contributed by atoms with van der Waals surface area (Å²) in [5.74, 6) is -0.197. The van der Waals surface area contributed by atoms with Gasteiger partial charge in [-0.25, -0.2) is 0 Å². The highest BCUT2D eigenvalue weighted by Gasteiger charge is 2.26. The molecule has 0 aromatic rings. The van der Waals surface area contributed by atoms with Crippen LogP contribution in [0.3, 0.4) is 0 Å². The lowest BCUT2D eigenvalue weighted by atomic mass is 10.4. The van der Waals surface area contributed by atoms with E-state index in [-0.39, 0.29) is 18.4 Å². The quantitative estimate of drug-likeness (QED) is 0.600. The van der Waals surface area contributed by atoms with E-state index in [1.165, 1.54) is 25.9 Å². The third-order valence-electron chi connectivity index (χ3n) is 3.68. The van der Waals surface area contributed by atoms with Crippen LogP contribution in [0.2, 0.25) is 0 Å². The Balaban J connectivity index is 2.13. The average molecular weight is 286 g/mol. The van der Waals surface area contributed by atoms with E-state index in [1.54, 1.807) is 0 Å². The molecular weight excluding hydrogens is 256 g/mol. The monoisotopic (exact) mass is 286 g/mol. The van der Waals surface area contributed by atoms with Crippen molar-refractivity contribution in [2.75, 3.05) is 67.5 Å². The molecule has 0 bridgehead atoms. The number of carbonyl (C=O) groups excluding carboxylic acids is 2. The van der Waals surface area contributed by atoms with Crippen molar-refractivity contribution < 1.29 is 18.6 Å². The lowest BCUT2D eigenvalue weighted by molar-refractivity contribution is -0.896. The Labute approximate surface area is 122 Å². The molecule has 1 fully saturated rings. The van der Waals surface area contributed by atoms with Crippen molar-refractivity contribution in [1.29, 1.82) is 0 Å². The maximum absolute atomic E-state index is 11.7. The van der Waals surface area contributed by atoms with Crippen LogP contribution in [0.5, 0.6) is 0 Å². The van der Waals surface area contributed by atoms with Crippen molar-refractivity contribution in [2.24, 2.45) is 0 Å². The fourth-order valence-electron chi connectivity index (χ4n) is 2.52. The first-order valence-electron chi connectivity index (χ1n) is 7.38. The Kier molecular flexibility index (Phi) is 5.95. The molecule has 1 rings (SSSR count). The van der Waals surface area contributed by atoms with Gasteiger partial charge in [-0.1, -0.05) is 0 Å². The first-order valence-corrected chi connectivity index (χ1v) is 7.38. The van der Waals surface area contributed by atoms with E-state index in [2.05, 4.69) is 17.7 Å². The molecule has 0 unspecified atom stereocenters. The topological polar surface area (TPSA) is 58.2 Å². The highest BCUT2D eigenvalue weighted by molar-refractivity contribution is 5.85. The molecule has 6 heteroatoms. The third kappa shape index (κ3) is 6.86. The number of quaternary nitrogens is 2. The zero-order valence-electron chi connectivity index (χ0n) is 13.4. The number of nitrogens with one attached hydrogen (secondary N) is 2. The Morgan fingerprint density at radius 1 is 1.05 bits per heavy atom. The first kappa shape index (κ1) is 16.9. The molecule has 1 aliphatic heterocycles. The summed E-state index contributed by atoms with van der Waals surface area (Å²) in [6, 6.07) is 0. The molecule has 1 aliphatic rings. The molecule has 2 N–H and O–H groups in total. The van der Waals surface area contributed by atoms with Gasteiger partial charge in [-0.3, -0.25) is 9.59 Å². The van der Waals surface area contributed by atoms with Crippen LogP contribution < -0.4 is 10.6 Å². The molecule has 0 radical (unpaired) electrons. The van der Waals surface area contributed by atoms with Gasteiger partial charge in [-0.15, -0.1) is 0 Å². The second-order valence-corrected chi connectivity index (χ2v) is 7.07. The van der Waals surface area contributed by atoms with Crippen LogP contribution in [0, 0.1) is 0 Å². The van der Waals surface area contributed by atoms with Crippen molar-refractivity contribution in [3.05, 3.63) is 0 Å². The molecule has 116 valence electrons. The van der Waals surface area contributed by atoms with Crippen molar-refractivity contribution >= 4 is 11.8 Å². The van der Waals surface area contributed by atoms with Gasteiger partial charge < -0.3 is 19.6 Å². The van der Waals surface area contributed by atoms with Gasteiger partial charge in [-0.2, -0.15) is 0 Å². The molecule has 0 aromatic carbocycles. The predicted octanol–water partition coefficient (Wildman–Crippen LogP) is -0.835. The summed E-state index contributed by atoms with van der Waals surface area (Å²) >= 11 is 0. The van der Waals surface area contributed by atoms with Crippen LogP contribution in [0.15, 0.2) is 0 Å². The normalized spacial score (nSPS) is 17.8. The van der Waals surface area contributed by atoms with Gasteiger partial charge >= 0.3 is 0 Å². The average Bonchev–Trinajstić information content (AvgIpc) is 2.71. The number of carbonyl (C=O) groups is 2. The van der Waals surface area contributed by atoms with Gasteiger partial charge in [0, 0.05) is 12.8 Å². The Morgan fingerprint density at radius 2 is 1.65 bits per heavy atom. The highest BCUT2D eigenvalue weighted by Crippen LogP contribution is 2.14. The molecule has 1 heterocycles. The molecule has 0 spiro atoms. The van der Waals surface area contributed by atoms with E-state index in [0.717, 1.165) is 11.0 Å². The lowest BCUT2D eigenvalue weighted by Gasteiger charge is -2.29. The summed E-state index contributed by atoms with van der Waals surface area (Å²) in [7, 11) is 8.07. The Hall–Kier alpha value is -1.14. The highest BCUT2D eigenvalue weighted by atomic mass is 16.2. The molecule has 0 atom stereocenters. The van der Waals surface area contributed by atoms with Crippen molar-refractivity contribution in [3.63, 3.8) is 0 Å². The van der Waals surface area contributed by atoms with Gasteiger partial charge in [0.1, 0.15) is 0 Å². The number of likely N-dealkylation sites (N-methyl/N-ethyl adjacent to an activating group) is 2. The number of amides is 2. The first-order chi connectivity index (χ1) is 9.20. The van der Waals surface area contributed by atoms with Crippen LogP contribution in [-0.2, 0) is 9.59 Å². The summed E-state index contributed by atoms with van der Waals surface area (Å²) in [6.45, 7) is 4.51. The molecule has 2 amide bonds. The molecule has 6 nitrogen and oxygen atoms in total. The largest absolute Gasteiger partial charge is 0.349 e. The lowest BCUT2D eigenvalue weighted by Crippen LogP contribution is -2.49. The fraction of sp³-hybridized carbons (Fsp3) is 0.857. The summed E-state index contributed by atoms with van der Waals surface area (Å²) in [4.78, 5) is 23.2. The minimum absolute atomic E-state index is 0.0720. The fourth-order valence-corrected chi connectivity index (χ4v) is 2.52. The van der Waals surface area contributed by atoms with Crippen LogP contribution in [0.25, 0.3) is 0 Å². The molecule has 0 aromatic heterocycles. The number of rotatable bonds is 7. The second kappa shape index (κ2) is 7.04. The predicted molar refractivity (Wildman–Crippen MR) is 78.9 cm³/mol. The molecule has 20 heavy (non-hydrogen) atoms. The smallest absolute Gasteiger partial charge is 0.275 e. The minimum atomic E-state index is -0.106. The zero-order valence-corrected chi connectivity index (χ0v) is 13.4. The summed E-state index contributed by atoms with van der Waals surface area (Å²) in [6.07, 6.45) is 2.57. The number of hydrogen-bond donors (Lipinski definition) is 2. The number of likely N-dealkylation sites (tertiary alicyclic amines) is 1. The van der Waals surface area contributed by atoms with E-state index in [4.69, 9.17) is 0 Å². The van der Waals surface area contributed by atoms with E-state index in [0.29, 0.717) is 17.6 Å². The maximum Gasteiger partial charge on any atom is 0.275 e. The van der Waals surface area contributed by atoms with Gasteiger partial charge in [0.25, 0.3) is 5.91 Å². The van der Waals surface area contributed by atoms with Gasteiger partial charge in [0.15, 0.2) is 6.54 Å². The maximum atomic E-state index is 11.7. The van der Waals surface area contributed by atoms with Crippen molar-refractivity contribution in [3.8, 4) is 0 Å². The Morgan fingerprint density at radius 3 is 2.20 bits per heavy atom. The van der Waals surface area contributed by atoms with E-state index < -0.39 is 0 Å². The van der Waals surface area contributed by atoms with E-state index in [9.17, 15) is 9.59 Å². The van der Waals surface area contributed by atoms with Gasteiger partial charge in [0.05, 0.1) is 60.9 Å². The molecule has 0 saturated carbocycles. The third-order valence-corrected chi connectivity index (χ3v) is 3.68. The van der Waals surface area contributed by atoms with Crippen LogP contribution in [-0.4, -0.2) is 88.2 Å². The van der Waals surface area contributed by atoms with Gasteiger partial charge in [0.2, 0.25) is 5.91 Å². The van der Waals surface area contributed by atoms with Crippen molar-refractivity contribution in [2.45, 2.75) is 12.8 Å². The van der Waals surface area contributed by atoms with Crippen LogP contribution >= 0.6 is 0 Å². The van der Waals surface area contributed by atoms with Crippen LogP contribution in [0.4, 0.5) is 0 Å². The standard InChI is InChI=1S/C14H28N4O2/c1-17(2,3)12-14(20)16-11-13(19)15-7-10-18(4)8-5-6-9-18/h5-12H2,1-4H3/p+2. The SMILES string of the molecule is C[N+](C)(C)CC(=O)NCC(=O)NCC[N+]1(C)CCCC1. The summed E-state index contributed by atoms with van der Waals surface area (Å²) < 4.78 is 1.61. The van der Waals surface area contributed by atoms with Crippen molar-refractivity contribution in [1.82, 2.24) is 10.6 Å². The summed E-state index contributed by atoms with van der Waals surface area (Å²) in [5.41, 5.74) is 0. The molecule has 1 saturated heterocycles.